The van der Waals surface area contributed by atoms with Gasteiger partial charge < -0.3 is 47.1 Å². The largest absolute Gasteiger partial charge is 1.00 e. The maximum atomic E-state index is 15.8. The molecule has 230 valence electrons. The fourth-order valence-electron chi connectivity index (χ4n) is 5.51. The number of likely N-dealkylation sites (N-methyl/N-ethyl adjacent to an activating group) is 1. The molecule has 0 unspecified atom stereocenters. The van der Waals surface area contributed by atoms with Crippen LogP contribution in [0.5, 0.6) is 5.75 Å². The predicted molar refractivity (Wildman–Crippen MR) is 165 cm³/mol. The van der Waals surface area contributed by atoms with E-state index < -0.39 is 5.82 Å². The van der Waals surface area contributed by atoms with Crippen LogP contribution in [0.4, 0.5) is 10.1 Å². The average molecular weight is 748 g/mol. The highest BCUT2D eigenvalue weighted by Crippen LogP contribution is 2.43. The molecule has 0 aliphatic carbocycles. The van der Waals surface area contributed by atoms with Gasteiger partial charge in [-0.05, 0) is 32.0 Å². The molecule has 0 N–H and O–H groups in total. The van der Waals surface area contributed by atoms with Crippen molar-refractivity contribution in [3.05, 3.63) is 64.0 Å². The summed E-state index contributed by atoms with van der Waals surface area (Å²) in [6, 6.07) is 9.20. The maximum absolute atomic E-state index is 15.8. The Labute approximate surface area is 278 Å². The lowest BCUT2D eigenvalue weighted by Gasteiger charge is -2.41. The first-order valence-corrected chi connectivity index (χ1v) is 15.9. The van der Waals surface area contributed by atoms with Crippen LogP contribution in [0, 0.1) is 12.7 Å². The van der Waals surface area contributed by atoms with E-state index in [2.05, 4.69) is 34.5 Å². The van der Waals surface area contributed by atoms with Crippen LogP contribution in [-0.2, 0) is 5.75 Å². The Morgan fingerprint density at radius 2 is 1.86 bits per heavy atom. The Bertz CT molecular complexity index is 1900. The highest BCUT2D eigenvalue weighted by Gasteiger charge is 2.33. The third kappa shape index (κ3) is 5.72. The lowest BCUT2D eigenvalue weighted by molar-refractivity contribution is -0.890. The van der Waals surface area contributed by atoms with Crippen LogP contribution < -0.4 is 39.0 Å². The highest BCUT2D eigenvalue weighted by molar-refractivity contribution is 8.00. The number of quaternary nitrogens is 1. The van der Waals surface area contributed by atoms with Gasteiger partial charge in [-0.3, -0.25) is 4.79 Å². The molecule has 1 saturated heterocycles. The molecule has 1 fully saturated rings. The van der Waals surface area contributed by atoms with E-state index in [0.717, 1.165) is 28.7 Å². The molecule has 0 bridgehead atoms. The van der Waals surface area contributed by atoms with Gasteiger partial charge in [-0.2, -0.15) is 0 Å². The standard InChI is InChI=1S/C30H31FN7O3S2.HI/c1-17-5-7-19(8-6-17)28-33-32-23(41-28)16-42-30-35-34-29(43-30)21-14-37-18(2)15-40-27-24(37)20(26(21)39)13-22(31)25(27)36-9-11-38(3,4)12-10-36;/h5-8,13-14,18H,9-12,15-16H2,1-4H3;1H/q+1;/p-1/t18-;/m0./s1. The topological polar surface area (TPSA) is 99.2 Å². The van der Waals surface area contributed by atoms with Crippen LogP contribution in [0.2, 0.25) is 0 Å². The monoisotopic (exact) mass is 747 g/mol. The van der Waals surface area contributed by atoms with Crippen molar-refractivity contribution < 1.29 is 42.0 Å². The molecular weight excluding hydrogens is 716 g/mol. The average Bonchev–Trinajstić information content (AvgIpc) is 3.66. The molecule has 5 heterocycles. The summed E-state index contributed by atoms with van der Waals surface area (Å²) in [5.41, 5.74) is 3.18. The molecule has 1 atom stereocenters. The first-order valence-electron chi connectivity index (χ1n) is 14.1. The molecular formula is C30H31FIN7O3S2. The summed E-state index contributed by atoms with van der Waals surface area (Å²) in [5.74, 6) is 1.35. The minimum Gasteiger partial charge on any atom is -1.00 e. The van der Waals surface area contributed by atoms with Crippen molar-refractivity contribution in [2.75, 3.05) is 51.8 Å². The van der Waals surface area contributed by atoms with E-state index in [4.69, 9.17) is 9.15 Å². The van der Waals surface area contributed by atoms with Gasteiger partial charge in [-0.25, -0.2) is 4.39 Å². The van der Waals surface area contributed by atoms with Gasteiger partial charge in [0.05, 0.1) is 68.5 Å². The van der Waals surface area contributed by atoms with Crippen molar-refractivity contribution in [1.29, 1.82) is 0 Å². The smallest absolute Gasteiger partial charge is 0.247 e. The van der Waals surface area contributed by atoms with E-state index in [-0.39, 0.29) is 40.8 Å². The van der Waals surface area contributed by atoms with Gasteiger partial charge in [-0.15, -0.1) is 20.4 Å². The van der Waals surface area contributed by atoms with Crippen molar-refractivity contribution in [1.82, 2.24) is 25.0 Å². The number of pyridine rings is 1. The second-order valence-electron chi connectivity index (χ2n) is 11.8. The Hall–Kier alpha value is -3.08. The van der Waals surface area contributed by atoms with E-state index in [1.165, 1.54) is 29.2 Å². The van der Waals surface area contributed by atoms with Gasteiger partial charge in [-0.1, -0.05) is 40.8 Å². The third-order valence-corrected chi connectivity index (χ3v) is 10.2. The number of halogens is 2. The van der Waals surface area contributed by atoms with E-state index in [1.807, 2.05) is 53.8 Å². The summed E-state index contributed by atoms with van der Waals surface area (Å²) in [6.45, 7) is 7.65. The third-order valence-electron chi connectivity index (χ3n) is 8.13. The number of hydrogen-bond donors (Lipinski definition) is 0. The first kappa shape index (κ1) is 30.9. The van der Waals surface area contributed by atoms with Gasteiger partial charge in [0.25, 0.3) is 0 Å². The van der Waals surface area contributed by atoms with Crippen molar-refractivity contribution in [2.45, 2.75) is 30.0 Å². The van der Waals surface area contributed by atoms with E-state index >= 15 is 4.39 Å². The molecule has 7 rings (SSSR count). The minimum absolute atomic E-state index is 0. The normalized spacial score (nSPS) is 17.4. The molecule has 0 spiro atoms. The Kier molecular flexibility index (Phi) is 8.45. The molecule has 2 aliphatic heterocycles. The SMILES string of the molecule is Cc1ccc(-c2nnc(CSc3nnc(-c4cn5c6c(c(N7CC[N+](C)(C)CC7)c(F)cc6c4=O)OC[C@@H]5C)s3)o2)cc1.[I-]. The summed E-state index contributed by atoms with van der Waals surface area (Å²) in [6.07, 6.45) is 1.82. The van der Waals surface area contributed by atoms with E-state index in [0.29, 0.717) is 69.1 Å². The molecule has 0 radical (unpaired) electrons. The van der Waals surface area contributed by atoms with Gasteiger partial charge in [0.1, 0.15) is 12.3 Å². The van der Waals surface area contributed by atoms with Crippen LogP contribution in [0.15, 0.2) is 50.1 Å². The van der Waals surface area contributed by atoms with E-state index in [1.54, 1.807) is 0 Å². The van der Waals surface area contributed by atoms with Crippen molar-refractivity contribution in [2.24, 2.45) is 0 Å². The minimum atomic E-state index is -0.442. The zero-order chi connectivity index (χ0) is 29.9. The van der Waals surface area contributed by atoms with Crippen LogP contribution >= 0.6 is 23.1 Å². The maximum Gasteiger partial charge on any atom is 0.247 e. The number of piperazine rings is 1. The number of aryl methyl sites for hydroxylation is 1. The van der Waals surface area contributed by atoms with Gasteiger partial charge in [0.15, 0.2) is 26.3 Å². The van der Waals surface area contributed by atoms with Crippen LogP contribution in [0.25, 0.3) is 32.9 Å². The fourth-order valence-corrected chi connectivity index (χ4v) is 7.21. The lowest BCUT2D eigenvalue weighted by Crippen LogP contribution is -3.00. The summed E-state index contributed by atoms with van der Waals surface area (Å²) >= 11 is 2.71. The summed E-state index contributed by atoms with van der Waals surface area (Å²) in [7, 11) is 4.36. The number of hydrogen-bond acceptors (Lipinski definition) is 10. The molecule has 5 aromatic rings. The molecule has 2 aromatic carbocycles. The summed E-state index contributed by atoms with van der Waals surface area (Å²) in [4.78, 5) is 15.8. The van der Waals surface area contributed by atoms with Crippen LogP contribution in [0.1, 0.15) is 24.4 Å². The van der Waals surface area contributed by atoms with Crippen LogP contribution in [-0.4, -0.2) is 76.3 Å². The van der Waals surface area contributed by atoms with Gasteiger partial charge >= 0.3 is 0 Å². The van der Waals surface area contributed by atoms with Crippen molar-refractivity contribution in [3.8, 4) is 27.8 Å². The Morgan fingerprint density at radius 1 is 1.11 bits per heavy atom. The predicted octanol–water partition coefficient (Wildman–Crippen LogP) is 2.16. The number of aromatic nitrogens is 5. The highest BCUT2D eigenvalue weighted by atomic mass is 127. The first-order chi connectivity index (χ1) is 20.7. The lowest BCUT2D eigenvalue weighted by atomic mass is 10.1. The molecule has 10 nitrogen and oxygen atoms in total. The van der Waals surface area contributed by atoms with Gasteiger partial charge in [0, 0.05) is 11.8 Å². The molecule has 44 heavy (non-hydrogen) atoms. The van der Waals surface area contributed by atoms with Gasteiger partial charge in [0.2, 0.25) is 11.8 Å². The molecule has 14 heteroatoms. The Balaban J connectivity index is 0.00000343. The quantitative estimate of drug-likeness (QED) is 0.147. The number of benzene rings is 2. The second-order valence-corrected chi connectivity index (χ2v) is 14.0. The van der Waals surface area contributed by atoms with Crippen molar-refractivity contribution in [3.63, 3.8) is 0 Å². The molecule has 3 aromatic heterocycles. The Morgan fingerprint density at radius 3 is 2.61 bits per heavy atom. The summed E-state index contributed by atoms with van der Waals surface area (Å²) in [5, 5.41) is 17.7. The summed E-state index contributed by atoms with van der Waals surface area (Å²) < 4.78 is 31.3. The van der Waals surface area contributed by atoms with Crippen LogP contribution in [0.3, 0.4) is 0 Å². The fraction of sp³-hybridized carbons (Fsp3) is 0.367. The number of anilines is 1. The number of rotatable bonds is 6. The van der Waals surface area contributed by atoms with E-state index in [9.17, 15) is 4.79 Å². The molecule has 2 aliphatic rings. The molecule has 0 amide bonds. The second kappa shape index (κ2) is 12.0. The number of ether oxygens (including phenoxy) is 1. The number of thioether (sulfide) groups is 1. The molecule has 0 saturated carbocycles. The van der Waals surface area contributed by atoms with Crippen molar-refractivity contribution >= 4 is 39.7 Å². The number of nitrogens with zero attached hydrogens (tertiary/aromatic N) is 7. The zero-order valence-corrected chi connectivity index (χ0v) is 28.5. The zero-order valence-electron chi connectivity index (χ0n) is 24.7.